The van der Waals surface area contributed by atoms with Crippen molar-refractivity contribution in [3.8, 4) is 0 Å². The zero-order valence-corrected chi connectivity index (χ0v) is 18.7. The zero-order chi connectivity index (χ0) is 21.5. The van der Waals surface area contributed by atoms with Crippen molar-refractivity contribution in [1.29, 1.82) is 0 Å². The topological polar surface area (TPSA) is 49.3 Å². The van der Waals surface area contributed by atoms with Crippen LogP contribution >= 0.6 is 0 Å². The molecule has 2 aromatic rings. The van der Waals surface area contributed by atoms with Crippen molar-refractivity contribution in [3.05, 3.63) is 71.3 Å². The zero-order valence-electron chi connectivity index (χ0n) is 18.7. The molecule has 2 atom stereocenters. The molecule has 6 heteroatoms. The van der Waals surface area contributed by atoms with Crippen LogP contribution in [0.15, 0.2) is 59.6 Å². The molecule has 0 amide bonds. The lowest BCUT2D eigenvalue weighted by atomic mass is 10.1. The van der Waals surface area contributed by atoms with E-state index in [0.29, 0.717) is 19.2 Å². The maximum absolute atomic E-state index is 6.15. The van der Waals surface area contributed by atoms with Crippen LogP contribution in [0.2, 0.25) is 0 Å². The number of fused-ring (bicyclic) bond motifs is 1. The van der Waals surface area contributed by atoms with Crippen molar-refractivity contribution >= 4 is 5.96 Å². The molecule has 2 fully saturated rings. The number of morpholine rings is 1. The first-order valence-electron chi connectivity index (χ1n) is 11.3. The fourth-order valence-corrected chi connectivity index (χ4v) is 4.52. The van der Waals surface area contributed by atoms with Crippen LogP contribution in [0.4, 0.5) is 0 Å². The van der Waals surface area contributed by atoms with Crippen LogP contribution in [-0.2, 0) is 29.2 Å². The lowest BCUT2D eigenvalue weighted by molar-refractivity contribution is -0.0502. The highest BCUT2D eigenvalue weighted by molar-refractivity contribution is 5.80. The molecule has 2 aromatic carbocycles. The molecular weight excluding hydrogens is 388 g/mol. The molecule has 2 unspecified atom stereocenters. The van der Waals surface area contributed by atoms with Crippen molar-refractivity contribution in [2.75, 3.05) is 39.9 Å². The van der Waals surface area contributed by atoms with Gasteiger partial charge < -0.3 is 19.7 Å². The summed E-state index contributed by atoms with van der Waals surface area (Å²) in [6, 6.07) is 19.6. The Bertz CT molecular complexity index is 858. The monoisotopic (exact) mass is 422 g/mol. The van der Waals surface area contributed by atoms with Crippen LogP contribution in [0, 0.1) is 0 Å². The molecule has 0 bridgehead atoms. The number of nitrogens with zero attached hydrogens (tertiary/aromatic N) is 3. The van der Waals surface area contributed by atoms with Crippen LogP contribution in [0.1, 0.15) is 23.6 Å². The van der Waals surface area contributed by atoms with E-state index in [1.165, 1.54) is 16.7 Å². The number of rotatable bonds is 7. The van der Waals surface area contributed by atoms with Crippen LogP contribution in [0.25, 0.3) is 0 Å². The number of nitrogens with one attached hydrogen (secondary N) is 1. The van der Waals surface area contributed by atoms with Gasteiger partial charge in [0.15, 0.2) is 5.96 Å². The van der Waals surface area contributed by atoms with Crippen molar-refractivity contribution < 1.29 is 9.47 Å². The average molecular weight is 423 g/mol. The molecule has 0 spiro atoms. The summed E-state index contributed by atoms with van der Waals surface area (Å²) in [6.07, 6.45) is 0.228. The van der Waals surface area contributed by atoms with E-state index in [-0.39, 0.29) is 6.10 Å². The van der Waals surface area contributed by atoms with E-state index in [9.17, 15) is 0 Å². The Hall–Kier alpha value is -2.41. The number of hydrogen-bond acceptors (Lipinski definition) is 4. The first kappa shape index (κ1) is 21.8. The molecule has 2 aliphatic rings. The molecule has 2 saturated heterocycles. The van der Waals surface area contributed by atoms with Gasteiger partial charge in [-0.2, -0.15) is 0 Å². The predicted octanol–water partition coefficient (Wildman–Crippen LogP) is 2.88. The van der Waals surface area contributed by atoms with Gasteiger partial charge in [0, 0.05) is 39.8 Å². The van der Waals surface area contributed by atoms with Gasteiger partial charge in [-0.3, -0.25) is 4.90 Å². The number of methoxy groups -OCH3 is 1. The van der Waals surface area contributed by atoms with E-state index in [1.807, 2.05) is 0 Å². The van der Waals surface area contributed by atoms with Crippen molar-refractivity contribution in [1.82, 2.24) is 15.1 Å². The molecule has 2 aliphatic heterocycles. The van der Waals surface area contributed by atoms with Gasteiger partial charge in [0.25, 0.3) is 0 Å². The summed E-state index contributed by atoms with van der Waals surface area (Å²) >= 11 is 0. The first-order valence-corrected chi connectivity index (χ1v) is 11.3. The normalized spacial score (nSPS) is 21.9. The van der Waals surface area contributed by atoms with Gasteiger partial charge in [-0.25, -0.2) is 4.99 Å². The van der Waals surface area contributed by atoms with Gasteiger partial charge in [-0.1, -0.05) is 54.6 Å². The maximum Gasteiger partial charge on any atom is 0.194 e. The molecule has 0 aliphatic carbocycles. The van der Waals surface area contributed by atoms with E-state index in [0.717, 1.165) is 45.3 Å². The molecule has 1 N–H and O–H groups in total. The standard InChI is InChI=1S/C25H34N4O2/c1-3-26-25(27-15-21-10-7-11-22(14-21)19-30-2)29-17-23-24(18-29)31-13-12-28(23)16-20-8-5-4-6-9-20/h4-11,14,23-24H,3,12-13,15-19H2,1-2H3,(H,26,27). The van der Waals surface area contributed by atoms with Gasteiger partial charge in [-0.15, -0.1) is 0 Å². The minimum atomic E-state index is 0.228. The molecule has 6 nitrogen and oxygen atoms in total. The molecule has 2 heterocycles. The highest BCUT2D eigenvalue weighted by Gasteiger charge is 2.41. The minimum Gasteiger partial charge on any atom is -0.380 e. The molecular formula is C25H34N4O2. The average Bonchev–Trinajstić information content (AvgIpc) is 3.23. The van der Waals surface area contributed by atoms with Gasteiger partial charge in [0.05, 0.1) is 31.9 Å². The fourth-order valence-electron chi connectivity index (χ4n) is 4.52. The lowest BCUT2D eigenvalue weighted by Gasteiger charge is -2.36. The number of likely N-dealkylation sites (tertiary alicyclic amines) is 1. The predicted molar refractivity (Wildman–Crippen MR) is 124 cm³/mol. The number of guanidine groups is 1. The largest absolute Gasteiger partial charge is 0.380 e. The quantitative estimate of drug-likeness (QED) is 0.549. The summed E-state index contributed by atoms with van der Waals surface area (Å²) in [5.74, 6) is 0.970. The van der Waals surface area contributed by atoms with Crippen molar-refractivity contribution in [2.45, 2.75) is 38.8 Å². The Labute approximate surface area is 185 Å². The SMILES string of the molecule is CCNC(=NCc1cccc(COC)c1)N1CC2OCCN(Cc3ccccc3)C2C1. The Balaban J connectivity index is 1.44. The second-order valence-electron chi connectivity index (χ2n) is 8.26. The van der Waals surface area contributed by atoms with Gasteiger partial charge in [0.2, 0.25) is 0 Å². The van der Waals surface area contributed by atoms with E-state index in [1.54, 1.807) is 7.11 Å². The highest BCUT2D eigenvalue weighted by Crippen LogP contribution is 2.25. The smallest absolute Gasteiger partial charge is 0.194 e. The number of benzene rings is 2. The number of hydrogen-bond donors (Lipinski definition) is 1. The summed E-state index contributed by atoms with van der Waals surface area (Å²) in [5, 5.41) is 3.49. The molecule has 4 rings (SSSR count). The highest BCUT2D eigenvalue weighted by atomic mass is 16.5. The van der Waals surface area contributed by atoms with Crippen LogP contribution in [0.5, 0.6) is 0 Å². The third-order valence-electron chi connectivity index (χ3n) is 5.99. The first-order chi connectivity index (χ1) is 15.3. The Kier molecular flexibility index (Phi) is 7.57. The van der Waals surface area contributed by atoms with Gasteiger partial charge in [0.1, 0.15) is 0 Å². The third-order valence-corrected chi connectivity index (χ3v) is 5.99. The van der Waals surface area contributed by atoms with Gasteiger partial charge in [-0.05, 0) is 23.6 Å². The summed E-state index contributed by atoms with van der Waals surface area (Å²) in [6.45, 7) is 8.81. The minimum absolute atomic E-state index is 0.228. The maximum atomic E-state index is 6.15. The molecule has 0 saturated carbocycles. The molecule has 166 valence electrons. The fraction of sp³-hybridized carbons (Fsp3) is 0.480. The van der Waals surface area contributed by atoms with E-state index in [4.69, 9.17) is 14.5 Å². The Morgan fingerprint density at radius 2 is 1.90 bits per heavy atom. The molecule has 0 radical (unpaired) electrons. The van der Waals surface area contributed by atoms with E-state index < -0.39 is 0 Å². The third kappa shape index (κ3) is 5.64. The second-order valence-corrected chi connectivity index (χ2v) is 8.26. The summed E-state index contributed by atoms with van der Waals surface area (Å²) in [7, 11) is 1.73. The van der Waals surface area contributed by atoms with Crippen LogP contribution < -0.4 is 5.32 Å². The van der Waals surface area contributed by atoms with E-state index >= 15 is 0 Å². The van der Waals surface area contributed by atoms with Gasteiger partial charge >= 0.3 is 0 Å². The van der Waals surface area contributed by atoms with Crippen molar-refractivity contribution in [3.63, 3.8) is 0 Å². The summed E-state index contributed by atoms with van der Waals surface area (Å²) < 4.78 is 11.4. The number of aliphatic imine (C=N–C) groups is 1. The van der Waals surface area contributed by atoms with Crippen LogP contribution in [0.3, 0.4) is 0 Å². The number of ether oxygens (including phenoxy) is 2. The molecule has 31 heavy (non-hydrogen) atoms. The summed E-state index contributed by atoms with van der Waals surface area (Å²) in [5.41, 5.74) is 3.74. The Morgan fingerprint density at radius 3 is 2.71 bits per heavy atom. The Morgan fingerprint density at radius 1 is 1.10 bits per heavy atom. The molecule has 0 aromatic heterocycles. The van der Waals surface area contributed by atoms with E-state index in [2.05, 4.69) is 76.6 Å². The van der Waals surface area contributed by atoms with Crippen LogP contribution in [-0.4, -0.2) is 67.8 Å². The second kappa shape index (κ2) is 10.8. The van der Waals surface area contributed by atoms with Crippen molar-refractivity contribution in [2.24, 2.45) is 4.99 Å². The lowest BCUT2D eigenvalue weighted by Crippen LogP contribution is -2.50. The summed E-state index contributed by atoms with van der Waals surface area (Å²) in [4.78, 5) is 9.88.